The van der Waals surface area contributed by atoms with Crippen LogP contribution < -0.4 is 5.32 Å². The third-order valence-corrected chi connectivity index (χ3v) is 12.3. The van der Waals surface area contributed by atoms with Gasteiger partial charge in [0, 0.05) is 52.8 Å². The zero-order valence-corrected chi connectivity index (χ0v) is 36.5. The molecule has 5 heterocycles. The fourth-order valence-corrected chi connectivity index (χ4v) is 8.98. The van der Waals surface area contributed by atoms with Gasteiger partial charge in [0.2, 0.25) is 0 Å². The Morgan fingerprint density at radius 2 is 1.60 bits per heavy atom. The maximum Gasteiger partial charge on any atom is 0.306 e. The van der Waals surface area contributed by atoms with Crippen LogP contribution >= 0.6 is 0 Å². The Labute approximate surface area is 346 Å². The average molecular weight is 785 g/mol. The van der Waals surface area contributed by atoms with E-state index in [-0.39, 0.29) is 30.8 Å². The molecule has 0 aromatic rings. The average Bonchev–Trinajstić information content (AvgIpc) is 3.93. The molecular weight excluding hydrogens is 721 g/mol. The van der Waals surface area contributed by atoms with Crippen LogP contribution in [0.3, 0.4) is 0 Å². The monoisotopic (exact) mass is 784 g/mol. The standard InChI is InChI=1S/C50H64N4O4/c1-11-15-36-31(7)39-26-44-47(34(10)55)33(9)41(52-44)25-40-32(8)37(20-21-46(57)58-23-22-30(6)19-14-18-29(5)17-13-16-28(3)4)49(53-40)38-24-45(56)48-35(12-2)42(54-50(38)48)27-43(36)51-39/h16,18,22,25-27,32,34,37,53,55-56H,11-15,17,19-21,23-24H2,1-10H3/b29-18+,30-22+,40-25?,43-27?,44-26?,49-38?/t32-,34+,37-/m0/s1. The summed E-state index contributed by atoms with van der Waals surface area (Å²) < 4.78 is 5.75. The van der Waals surface area contributed by atoms with E-state index in [1.807, 2.05) is 19.1 Å². The molecule has 1 fully saturated rings. The number of aliphatic hydroxyl groups excluding tert-OH is 2. The number of hydrogen-bond donors (Lipinski definition) is 3. The highest BCUT2D eigenvalue weighted by Gasteiger charge is 2.42. The molecule has 3 N–H and O–H groups in total. The molecule has 0 aromatic carbocycles. The van der Waals surface area contributed by atoms with Crippen molar-refractivity contribution < 1.29 is 19.7 Å². The zero-order chi connectivity index (χ0) is 41.8. The van der Waals surface area contributed by atoms with Gasteiger partial charge in [-0.15, -0.1) is 0 Å². The Hall–Kier alpha value is -4.82. The molecule has 308 valence electrons. The number of aliphatic hydroxyl groups is 2. The molecule has 0 amide bonds. The number of nitrogens with one attached hydrogen (secondary N) is 1. The molecule has 0 unspecified atom stereocenters. The lowest BCUT2D eigenvalue weighted by Gasteiger charge is -2.17. The molecule has 1 aliphatic carbocycles. The number of esters is 1. The van der Waals surface area contributed by atoms with Crippen molar-refractivity contribution in [1.29, 1.82) is 0 Å². The highest BCUT2D eigenvalue weighted by molar-refractivity contribution is 6.21. The molecule has 0 saturated carbocycles. The van der Waals surface area contributed by atoms with Gasteiger partial charge in [-0.25, -0.2) is 15.0 Å². The van der Waals surface area contributed by atoms with Crippen molar-refractivity contribution in [2.24, 2.45) is 26.8 Å². The molecule has 0 aromatic heterocycles. The molecule has 3 atom stereocenters. The second kappa shape index (κ2) is 18.4. The first-order valence-corrected chi connectivity index (χ1v) is 21.5. The lowest BCUT2D eigenvalue weighted by molar-refractivity contribution is -0.142. The Morgan fingerprint density at radius 1 is 0.914 bits per heavy atom. The van der Waals surface area contributed by atoms with Gasteiger partial charge in [0.05, 0.1) is 40.3 Å². The summed E-state index contributed by atoms with van der Waals surface area (Å²) in [5, 5.41) is 26.4. The van der Waals surface area contributed by atoms with Crippen molar-refractivity contribution in [3.8, 4) is 0 Å². The second-order valence-corrected chi connectivity index (χ2v) is 17.0. The molecule has 6 rings (SSSR count). The van der Waals surface area contributed by atoms with Crippen LogP contribution in [0.5, 0.6) is 0 Å². The highest BCUT2D eigenvalue weighted by Crippen LogP contribution is 2.47. The van der Waals surface area contributed by atoms with Crippen molar-refractivity contribution in [3.05, 3.63) is 126 Å². The van der Waals surface area contributed by atoms with Gasteiger partial charge in [0.15, 0.2) is 0 Å². The van der Waals surface area contributed by atoms with Gasteiger partial charge in [-0.1, -0.05) is 56.1 Å². The minimum Gasteiger partial charge on any atom is -0.511 e. The number of ether oxygens (including phenoxy) is 1. The molecule has 8 heteroatoms. The molecule has 1 saturated heterocycles. The van der Waals surface area contributed by atoms with Gasteiger partial charge in [-0.05, 0) is 140 Å². The smallest absolute Gasteiger partial charge is 0.306 e. The molecule has 0 spiro atoms. The number of fused-ring (bicyclic) bond motifs is 5. The summed E-state index contributed by atoms with van der Waals surface area (Å²) in [5.74, 6) is 0.0789. The van der Waals surface area contributed by atoms with Crippen LogP contribution in [0.15, 0.2) is 141 Å². The van der Waals surface area contributed by atoms with Crippen LogP contribution in [-0.2, 0) is 9.53 Å². The summed E-state index contributed by atoms with van der Waals surface area (Å²) in [6, 6.07) is 0. The van der Waals surface area contributed by atoms with Crippen LogP contribution in [0.4, 0.5) is 0 Å². The number of hydrogen-bond acceptors (Lipinski definition) is 8. The Morgan fingerprint density at radius 3 is 2.29 bits per heavy atom. The first-order chi connectivity index (χ1) is 27.7. The molecule has 8 bridgehead atoms. The summed E-state index contributed by atoms with van der Waals surface area (Å²) >= 11 is 0. The number of carbonyl (C=O) groups is 1. The van der Waals surface area contributed by atoms with E-state index in [0.29, 0.717) is 25.0 Å². The van der Waals surface area contributed by atoms with Crippen molar-refractivity contribution in [2.45, 2.75) is 140 Å². The lowest BCUT2D eigenvalue weighted by Crippen LogP contribution is -2.16. The predicted octanol–water partition coefficient (Wildman–Crippen LogP) is 11.6. The van der Waals surface area contributed by atoms with E-state index in [0.717, 1.165) is 118 Å². The Balaban J connectivity index is 1.29. The second-order valence-electron chi connectivity index (χ2n) is 17.0. The first-order valence-electron chi connectivity index (χ1n) is 21.5. The topological polar surface area (TPSA) is 116 Å². The lowest BCUT2D eigenvalue weighted by atomic mass is 9.86. The van der Waals surface area contributed by atoms with Crippen molar-refractivity contribution >= 4 is 23.1 Å². The quantitative estimate of drug-likeness (QED) is 0.113. The largest absolute Gasteiger partial charge is 0.511 e. The third kappa shape index (κ3) is 9.07. The molecule has 8 nitrogen and oxygen atoms in total. The van der Waals surface area contributed by atoms with Crippen molar-refractivity contribution in [2.75, 3.05) is 6.61 Å². The van der Waals surface area contributed by atoms with Gasteiger partial charge in [-0.2, -0.15) is 0 Å². The molecule has 5 aliphatic heterocycles. The number of nitrogens with zero attached hydrogens (tertiary/aromatic N) is 3. The van der Waals surface area contributed by atoms with Crippen LogP contribution in [0, 0.1) is 11.8 Å². The van der Waals surface area contributed by atoms with Gasteiger partial charge in [0.25, 0.3) is 0 Å². The summed E-state index contributed by atoms with van der Waals surface area (Å²) in [6.45, 7) is 21.2. The fraction of sp³-hybridized carbons (Fsp3) is 0.480. The van der Waals surface area contributed by atoms with E-state index < -0.39 is 6.10 Å². The van der Waals surface area contributed by atoms with Crippen LogP contribution in [0.25, 0.3) is 0 Å². The first kappa shape index (κ1) is 42.8. The maximum absolute atomic E-state index is 13.3. The van der Waals surface area contributed by atoms with E-state index in [1.54, 1.807) is 6.92 Å². The SMILES string of the molecule is CCCC1=C(C)C2=NC1=CC1=C(CC)C3=C(O)CC(=C4NC(=CC5=NC(=C2)C([C@@H](C)O)=C5C)[C@@H](C)[C@@H]4CCC(=O)OC/C=C(\C)CC/C=C(\C)CCC=C(C)C)C3=N1. The van der Waals surface area contributed by atoms with Gasteiger partial charge >= 0.3 is 5.97 Å². The summed E-state index contributed by atoms with van der Waals surface area (Å²) in [7, 11) is 0. The zero-order valence-electron chi connectivity index (χ0n) is 36.5. The van der Waals surface area contributed by atoms with E-state index in [2.05, 4.69) is 85.0 Å². The van der Waals surface area contributed by atoms with Crippen LogP contribution in [0.2, 0.25) is 0 Å². The van der Waals surface area contributed by atoms with E-state index >= 15 is 0 Å². The summed E-state index contributed by atoms with van der Waals surface area (Å²) in [5.41, 5.74) is 17.6. The van der Waals surface area contributed by atoms with Gasteiger partial charge < -0.3 is 20.3 Å². The minimum absolute atomic E-state index is 0.0146. The Bertz CT molecular complexity index is 2190. The third-order valence-electron chi connectivity index (χ3n) is 12.3. The molecule has 0 radical (unpaired) electrons. The van der Waals surface area contributed by atoms with Gasteiger partial charge in [0.1, 0.15) is 12.4 Å². The molecular formula is C50H64N4O4. The minimum atomic E-state index is -0.716. The fourth-order valence-electron chi connectivity index (χ4n) is 8.98. The maximum atomic E-state index is 13.3. The van der Waals surface area contributed by atoms with Crippen molar-refractivity contribution in [1.82, 2.24) is 5.32 Å². The normalized spacial score (nSPS) is 22.3. The predicted molar refractivity (Wildman–Crippen MR) is 239 cm³/mol. The molecule has 6 aliphatic rings. The Kier molecular flexibility index (Phi) is 13.6. The number of aliphatic imine (C=N–C) groups is 3. The summed E-state index contributed by atoms with van der Waals surface area (Å²) in [6.07, 6.45) is 20.0. The number of carbonyl (C=O) groups excluding carboxylic acids is 1. The van der Waals surface area contributed by atoms with E-state index in [9.17, 15) is 15.0 Å². The molecule has 58 heavy (non-hydrogen) atoms. The van der Waals surface area contributed by atoms with Crippen LogP contribution in [-0.4, -0.2) is 46.0 Å². The van der Waals surface area contributed by atoms with Crippen molar-refractivity contribution in [3.63, 3.8) is 0 Å². The van der Waals surface area contributed by atoms with Crippen LogP contribution in [0.1, 0.15) is 133 Å². The highest BCUT2D eigenvalue weighted by atomic mass is 16.5. The van der Waals surface area contributed by atoms with E-state index in [4.69, 9.17) is 19.7 Å². The summed E-state index contributed by atoms with van der Waals surface area (Å²) in [4.78, 5) is 28.8. The van der Waals surface area contributed by atoms with Gasteiger partial charge in [-0.3, -0.25) is 4.79 Å². The number of allylic oxidation sites excluding steroid dienone is 16. The number of rotatable bonds is 15. The van der Waals surface area contributed by atoms with E-state index in [1.165, 1.54) is 22.3 Å².